The molecule has 17 heavy (non-hydrogen) atoms. The molecule has 4 nitrogen and oxygen atoms in total. The highest BCUT2D eigenvalue weighted by Gasteiger charge is 2.18. The van der Waals surface area contributed by atoms with Crippen molar-refractivity contribution in [1.82, 2.24) is 4.90 Å². The van der Waals surface area contributed by atoms with Crippen LogP contribution in [-0.2, 0) is 14.3 Å². The lowest BCUT2D eigenvalue weighted by molar-refractivity contribution is -0.146. The zero-order chi connectivity index (χ0) is 13.4. The lowest BCUT2D eigenvalue weighted by Crippen LogP contribution is -2.34. The highest BCUT2D eigenvalue weighted by molar-refractivity contribution is 5.91. The van der Waals surface area contributed by atoms with E-state index in [1.807, 2.05) is 20.8 Å². The Morgan fingerprint density at radius 1 is 1.29 bits per heavy atom. The minimum absolute atomic E-state index is 0.0676. The summed E-state index contributed by atoms with van der Waals surface area (Å²) in [6, 6.07) is 0. The Bertz CT molecular complexity index is 332. The van der Waals surface area contributed by atoms with Gasteiger partial charge in [-0.05, 0) is 33.3 Å². The molecule has 0 bridgehead atoms. The Morgan fingerprint density at radius 3 is 2.29 bits per heavy atom. The molecule has 0 radical (unpaired) electrons. The van der Waals surface area contributed by atoms with Crippen molar-refractivity contribution in [3.05, 3.63) is 23.9 Å². The fourth-order valence-electron chi connectivity index (χ4n) is 1.29. The van der Waals surface area contributed by atoms with Crippen LogP contribution in [0.15, 0.2) is 23.9 Å². The molecule has 0 aliphatic heterocycles. The highest BCUT2D eigenvalue weighted by Crippen LogP contribution is 2.13. The van der Waals surface area contributed by atoms with E-state index >= 15 is 0 Å². The molecule has 0 heterocycles. The Labute approximate surface area is 103 Å². The fraction of sp³-hybridized carbons (Fsp3) is 0.538. The largest absolute Gasteiger partial charge is 0.465 e. The Hall–Kier alpha value is -1.58. The van der Waals surface area contributed by atoms with E-state index in [1.54, 1.807) is 6.92 Å². The number of esters is 1. The van der Waals surface area contributed by atoms with Gasteiger partial charge in [0.25, 0.3) is 5.91 Å². The molecule has 0 aliphatic rings. The van der Waals surface area contributed by atoms with Gasteiger partial charge >= 0.3 is 5.97 Å². The number of carbonyl (C=O) groups excluding carboxylic acids is 2. The van der Waals surface area contributed by atoms with Crippen LogP contribution in [-0.4, -0.2) is 29.9 Å². The smallest absolute Gasteiger partial charge is 0.326 e. The molecule has 0 unspecified atom stereocenters. The van der Waals surface area contributed by atoms with Gasteiger partial charge in [-0.25, -0.2) is 0 Å². The topological polar surface area (TPSA) is 46.6 Å². The number of amides is 1. The number of ether oxygens (including phenoxy) is 1. The van der Waals surface area contributed by atoms with E-state index in [-0.39, 0.29) is 12.5 Å². The van der Waals surface area contributed by atoms with Gasteiger partial charge in [-0.1, -0.05) is 19.1 Å². The van der Waals surface area contributed by atoms with Crippen LogP contribution in [0.4, 0.5) is 0 Å². The number of hydrogen-bond acceptors (Lipinski definition) is 3. The van der Waals surface area contributed by atoms with Crippen LogP contribution in [0.5, 0.6) is 0 Å². The van der Waals surface area contributed by atoms with Gasteiger partial charge in [-0.2, -0.15) is 0 Å². The van der Waals surface area contributed by atoms with E-state index < -0.39 is 5.97 Å². The molecular formula is C13H21NO3. The molecule has 0 atom stereocenters. The predicted molar refractivity (Wildman–Crippen MR) is 67.2 cm³/mol. The van der Waals surface area contributed by atoms with E-state index in [0.717, 1.165) is 17.7 Å². The van der Waals surface area contributed by atoms with Crippen molar-refractivity contribution in [2.24, 2.45) is 0 Å². The molecule has 0 saturated carbocycles. The highest BCUT2D eigenvalue weighted by atomic mass is 16.5. The molecule has 0 N–H and O–H groups in total. The molecule has 0 rings (SSSR count). The zero-order valence-corrected chi connectivity index (χ0v) is 11.1. The summed E-state index contributed by atoms with van der Waals surface area (Å²) >= 11 is 0. The van der Waals surface area contributed by atoms with Crippen molar-refractivity contribution in [2.45, 2.75) is 34.1 Å². The number of nitrogens with zero attached hydrogens (tertiary/aromatic N) is 1. The van der Waals surface area contributed by atoms with E-state index in [1.165, 1.54) is 11.0 Å². The zero-order valence-electron chi connectivity index (χ0n) is 11.1. The Morgan fingerprint density at radius 2 is 1.88 bits per heavy atom. The first kappa shape index (κ1) is 15.4. The molecule has 0 saturated heterocycles. The number of rotatable bonds is 6. The van der Waals surface area contributed by atoms with Gasteiger partial charge in [0.15, 0.2) is 0 Å². The molecule has 4 heteroatoms. The van der Waals surface area contributed by atoms with Crippen LogP contribution < -0.4 is 0 Å². The first-order chi connectivity index (χ1) is 7.97. The van der Waals surface area contributed by atoms with Crippen molar-refractivity contribution < 1.29 is 14.3 Å². The van der Waals surface area contributed by atoms with E-state index in [2.05, 4.69) is 6.58 Å². The number of carbonyl (C=O) groups is 2. The van der Waals surface area contributed by atoms with Gasteiger partial charge in [0, 0.05) is 5.70 Å². The van der Waals surface area contributed by atoms with Gasteiger partial charge in [-0.15, -0.1) is 0 Å². The third-order valence-corrected chi connectivity index (χ3v) is 2.59. The minimum Gasteiger partial charge on any atom is -0.465 e. The van der Waals surface area contributed by atoms with Crippen molar-refractivity contribution in [2.75, 3.05) is 13.2 Å². The van der Waals surface area contributed by atoms with Gasteiger partial charge in [0.2, 0.25) is 0 Å². The van der Waals surface area contributed by atoms with Gasteiger partial charge in [0.05, 0.1) is 6.61 Å². The van der Waals surface area contributed by atoms with E-state index in [9.17, 15) is 9.59 Å². The van der Waals surface area contributed by atoms with Crippen LogP contribution in [0, 0.1) is 0 Å². The molecule has 0 aromatic carbocycles. The summed E-state index contributed by atoms with van der Waals surface area (Å²) in [5.74, 6) is -0.700. The summed E-state index contributed by atoms with van der Waals surface area (Å²) in [7, 11) is 0. The van der Waals surface area contributed by atoms with Crippen LogP contribution in [0.1, 0.15) is 34.1 Å². The second kappa shape index (κ2) is 7.65. The minimum atomic E-state index is -0.411. The molecule has 0 fully saturated rings. The van der Waals surface area contributed by atoms with Crippen molar-refractivity contribution in [1.29, 1.82) is 0 Å². The Balaban J connectivity index is 4.96. The summed E-state index contributed by atoms with van der Waals surface area (Å²) in [6.07, 6.45) is 2.03. The van der Waals surface area contributed by atoms with Crippen molar-refractivity contribution >= 4 is 11.9 Å². The summed E-state index contributed by atoms with van der Waals surface area (Å²) in [5, 5.41) is 0. The molecule has 0 aromatic heterocycles. The van der Waals surface area contributed by atoms with E-state index in [0.29, 0.717) is 6.61 Å². The van der Waals surface area contributed by atoms with Crippen molar-refractivity contribution in [3.63, 3.8) is 0 Å². The predicted octanol–water partition coefficient (Wildman–Crippen LogP) is 2.27. The maximum Gasteiger partial charge on any atom is 0.326 e. The summed E-state index contributed by atoms with van der Waals surface area (Å²) < 4.78 is 4.84. The fourth-order valence-corrected chi connectivity index (χ4v) is 1.29. The first-order valence-electron chi connectivity index (χ1n) is 5.73. The second-order valence-corrected chi connectivity index (χ2v) is 3.65. The Kier molecular flexibility index (Phi) is 6.94. The normalized spacial score (nSPS) is 11.5. The standard InChI is InChI=1S/C13H21NO3/c1-6-10(4)11(5)14(12(15)7-2)9-13(16)17-8-3/h7H,2,6,8-9H2,1,3-5H3/b11-10-. The van der Waals surface area contributed by atoms with Crippen LogP contribution >= 0.6 is 0 Å². The maximum atomic E-state index is 11.7. The second-order valence-electron chi connectivity index (χ2n) is 3.65. The molecule has 0 spiro atoms. The van der Waals surface area contributed by atoms with Gasteiger partial charge in [-0.3, -0.25) is 9.59 Å². The maximum absolute atomic E-state index is 11.7. The first-order valence-corrected chi connectivity index (χ1v) is 5.73. The molecule has 1 amide bonds. The lowest BCUT2D eigenvalue weighted by atomic mass is 10.1. The molecular weight excluding hydrogens is 218 g/mol. The SMILES string of the molecule is C=CC(=O)N(CC(=O)OCC)/C(C)=C(/C)CC. The lowest BCUT2D eigenvalue weighted by Gasteiger charge is -2.22. The monoisotopic (exact) mass is 239 g/mol. The van der Waals surface area contributed by atoms with Crippen molar-refractivity contribution in [3.8, 4) is 0 Å². The van der Waals surface area contributed by atoms with Crippen LogP contribution in [0.2, 0.25) is 0 Å². The summed E-state index contributed by atoms with van der Waals surface area (Å²) in [6.45, 7) is 11.2. The van der Waals surface area contributed by atoms with Crippen LogP contribution in [0.3, 0.4) is 0 Å². The molecule has 0 aliphatic carbocycles. The molecule has 96 valence electrons. The third kappa shape index (κ3) is 4.85. The van der Waals surface area contributed by atoms with E-state index in [4.69, 9.17) is 4.74 Å². The van der Waals surface area contributed by atoms with Gasteiger partial charge in [0.1, 0.15) is 6.54 Å². The summed E-state index contributed by atoms with van der Waals surface area (Å²) in [5.41, 5.74) is 1.84. The summed E-state index contributed by atoms with van der Waals surface area (Å²) in [4.78, 5) is 24.5. The number of allylic oxidation sites excluding steroid dienone is 2. The van der Waals surface area contributed by atoms with Crippen LogP contribution in [0.25, 0.3) is 0 Å². The average Bonchev–Trinajstić information content (AvgIpc) is 2.33. The average molecular weight is 239 g/mol. The third-order valence-electron chi connectivity index (χ3n) is 2.59. The molecule has 0 aromatic rings. The number of hydrogen-bond donors (Lipinski definition) is 0. The van der Waals surface area contributed by atoms with Gasteiger partial charge < -0.3 is 9.64 Å². The quantitative estimate of drug-likeness (QED) is 0.527.